The molecule has 0 fully saturated rings. The Bertz CT molecular complexity index is 705. The second kappa shape index (κ2) is 17.7. The zero-order valence-electron chi connectivity index (χ0n) is 13.1. The smallest absolute Gasteiger partial charge is 0 e. The van der Waals surface area contributed by atoms with E-state index < -0.39 is 0 Å². The van der Waals surface area contributed by atoms with Gasteiger partial charge in [0.1, 0.15) is 5.75 Å². The quantitative estimate of drug-likeness (QED) is 0.466. The first-order valence-corrected chi connectivity index (χ1v) is 6.09. The third-order valence-corrected chi connectivity index (χ3v) is 2.76. The molecule has 0 spiro atoms. The largest absolute Gasteiger partial charge is 0 e. The third kappa shape index (κ3) is 7.63. The zero-order valence-corrected chi connectivity index (χ0v) is 14.3. The van der Waals surface area contributed by atoms with Gasteiger partial charge in [0.05, 0.1) is 7.11 Å². The van der Waals surface area contributed by atoms with Crippen molar-refractivity contribution in [3.63, 3.8) is 0 Å². The van der Waals surface area contributed by atoms with Crippen LogP contribution in [-0.2, 0) is 31.3 Å². The number of carbonyl (C=O) groups excluding carboxylic acids is 2. The van der Waals surface area contributed by atoms with Crippen molar-refractivity contribution in [1.29, 1.82) is 0 Å². The summed E-state index contributed by atoms with van der Waals surface area (Å²) in [6, 6.07) is 12.3. The van der Waals surface area contributed by atoms with E-state index in [9.17, 15) is 9.59 Å². The number of carbonyl (C=O) groups is 2. The van der Waals surface area contributed by atoms with Gasteiger partial charge < -0.3 is 4.74 Å². The van der Waals surface area contributed by atoms with E-state index in [2.05, 4.69) is 20.0 Å². The van der Waals surface area contributed by atoms with Crippen molar-refractivity contribution in [2.75, 3.05) is 7.11 Å². The normalized spacial score (nSPS) is 7.32. The molecule has 0 bridgehead atoms. The predicted octanol–water partition coefficient (Wildman–Crippen LogP) is 2.87. The maximum atomic E-state index is 11.1. The van der Waals surface area contributed by atoms with Crippen molar-refractivity contribution in [2.24, 2.45) is 0 Å². The summed E-state index contributed by atoms with van der Waals surface area (Å²) >= 11 is 0. The molecular weight excluding hydrogens is 364 g/mol. The van der Waals surface area contributed by atoms with E-state index in [0.29, 0.717) is 28.0 Å². The van der Waals surface area contributed by atoms with Crippen molar-refractivity contribution in [3.05, 3.63) is 73.5 Å². The molecule has 2 rings (SSSR count). The van der Waals surface area contributed by atoms with Gasteiger partial charge in [0.15, 0.2) is 12.6 Å². The summed E-state index contributed by atoms with van der Waals surface area (Å²) < 4.78 is 27.8. The minimum absolute atomic E-state index is 0. The topological polar surface area (TPSA) is 103 Å². The van der Waals surface area contributed by atoms with Crippen molar-refractivity contribution in [1.82, 2.24) is 0 Å². The van der Waals surface area contributed by atoms with Crippen LogP contribution in [0.5, 0.6) is 5.75 Å². The van der Waals surface area contributed by atoms with E-state index in [1.807, 2.05) is 6.07 Å². The fraction of sp³-hybridized carbons (Fsp3) is 0.0556. The molecule has 7 heteroatoms. The van der Waals surface area contributed by atoms with Crippen LogP contribution in [0.25, 0.3) is 11.1 Å². The van der Waals surface area contributed by atoms with Crippen LogP contribution in [0.15, 0.2) is 42.5 Å². The molecule has 6 nitrogen and oxygen atoms in total. The first-order chi connectivity index (χ1) is 11.8. The van der Waals surface area contributed by atoms with Gasteiger partial charge in [0.25, 0.3) is 0 Å². The van der Waals surface area contributed by atoms with Crippen LogP contribution in [0.4, 0.5) is 0 Å². The average Bonchev–Trinajstić information content (AvgIpc) is 2.71. The zero-order chi connectivity index (χ0) is 19.0. The van der Waals surface area contributed by atoms with E-state index in [1.165, 1.54) is 7.11 Å². The number of methoxy groups -OCH3 is 1. The van der Waals surface area contributed by atoms with Gasteiger partial charge >= 0.3 is 33.9 Å². The van der Waals surface area contributed by atoms with E-state index in [4.69, 9.17) is 18.7 Å². The molecule has 0 N–H and O–H groups in total. The van der Waals surface area contributed by atoms with Gasteiger partial charge in [-0.25, -0.2) is 0 Å². The molecule has 2 aromatic rings. The minimum atomic E-state index is 0. The fourth-order valence-electron chi connectivity index (χ4n) is 1.93. The van der Waals surface area contributed by atoms with Gasteiger partial charge in [-0.2, -0.15) is 0 Å². The Morgan fingerprint density at radius 1 is 0.800 bits per heavy atom. The summed E-state index contributed by atoms with van der Waals surface area (Å²) in [5.41, 5.74) is 2.39. The van der Waals surface area contributed by atoms with E-state index in [0.717, 1.165) is 12.6 Å². The molecular formula is C18H12CrO6. The molecule has 0 aliphatic heterocycles. The van der Waals surface area contributed by atoms with Gasteiger partial charge in [0.2, 0.25) is 0 Å². The standard InChI is InChI=1S/C15H12O3.3CO.Cr/c1-18-14-8-4-6-12(10-17)15(14)13-7-3-2-5-11(13)9-16;3*1-2;/h2-10H,1H3;;;;. The Labute approximate surface area is 156 Å². The number of hydrogen-bond acceptors (Lipinski definition) is 3. The van der Waals surface area contributed by atoms with Gasteiger partial charge in [-0.05, 0) is 11.6 Å². The van der Waals surface area contributed by atoms with Gasteiger partial charge in [-0.15, -0.1) is 0 Å². The number of aldehydes is 2. The molecule has 0 saturated heterocycles. The third-order valence-electron chi connectivity index (χ3n) is 2.76. The molecule has 0 aliphatic rings. The number of benzene rings is 2. The molecule has 0 heterocycles. The minimum Gasteiger partial charge on any atom is 0 e. The van der Waals surface area contributed by atoms with Crippen molar-refractivity contribution < 1.29 is 45.6 Å². The SMILES string of the molecule is COc1cccc(C=O)c1-c1ccccc1C=O.[C-]#[O+].[C-]#[O+].[C-]#[O+].[Cr]. The summed E-state index contributed by atoms with van der Waals surface area (Å²) in [5, 5.41) is 0. The Morgan fingerprint density at radius 3 is 1.76 bits per heavy atom. The molecule has 0 saturated carbocycles. The first kappa shape index (κ1) is 27.2. The van der Waals surface area contributed by atoms with Gasteiger partial charge in [-0.1, -0.05) is 36.4 Å². The number of rotatable bonds is 4. The molecule has 0 unspecified atom stereocenters. The van der Waals surface area contributed by atoms with E-state index in [1.54, 1.807) is 36.4 Å². The summed E-state index contributed by atoms with van der Waals surface area (Å²) in [6.45, 7) is 13.5. The molecule has 0 radical (unpaired) electrons. The Balaban J connectivity index is -0.000000626. The first-order valence-electron chi connectivity index (χ1n) is 6.09. The van der Waals surface area contributed by atoms with E-state index in [-0.39, 0.29) is 17.4 Å². The van der Waals surface area contributed by atoms with Crippen LogP contribution in [-0.4, -0.2) is 19.7 Å². The summed E-state index contributed by atoms with van der Waals surface area (Å²) in [4.78, 5) is 22.2. The van der Waals surface area contributed by atoms with Crippen LogP contribution in [0.2, 0.25) is 0 Å². The monoisotopic (exact) mass is 376 g/mol. The van der Waals surface area contributed by atoms with Crippen LogP contribution in [0.1, 0.15) is 20.7 Å². The summed E-state index contributed by atoms with van der Waals surface area (Å²) in [5.74, 6) is 0.578. The predicted molar refractivity (Wildman–Crippen MR) is 81.0 cm³/mol. The second-order valence-corrected chi connectivity index (χ2v) is 3.75. The molecule has 126 valence electrons. The Morgan fingerprint density at radius 2 is 1.28 bits per heavy atom. The Hall–Kier alpha value is -2.67. The molecule has 0 atom stereocenters. The van der Waals surface area contributed by atoms with Crippen molar-refractivity contribution >= 4 is 12.6 Å². The summed E-state index contributed by atoms with van der Waals surface area (Å²) in [6.07, 6.45) is 1.54. The van der Waals surface area contributed by atoms with E-state index >= 15 is 0 Å². The molecule has 0 amide bonds. The second-order valence-electron chi connectivity index (χ2n) is 3.75. The Kier molecular flexibility index (Phi) is 19.2. The van der Waals surface area contributed by atoms with Crippen LogP contribution < -0.4 is 4.74 Å². The van der Waals surface area contributed by atoms with Gasteiger partial charge in [0, 0.05) is 34.1 Å². The van der Waals surface area contributed by atoms with Crippen LogP contribution >= 0.6 is 0 Å². The number of hydrogen-bond donors (Lipinski definition) is 0. The molecule has 0 aliphatic carbocycles. The summed E-state index contributed by atoms with van der Waals surface area (Å²) in [7, 11) is 1.54. The van der Waals surface area contributed by atoms with Crippen molar-refractivity contribution in [2.45, 2.75) is 0 Å². The molecule has 25 heavy (non-hydrogen) atoms. The molecule has 2 aromatic carbocycles. The number of ether oxygens (including phenoxy) is 1. The van der Waals surface area contributed by atoms with Crippen LogP contribution in [0, 0.1) is 20.0 Å². The van der Waals surface area contributed by atoms with Gasteiger partial charge in [-0.3, -0.25) is 9.59 Å². The van der Waals surface area contributed by atoms with Crippen molar-refractivity contribution in [3.8, 4) is 16.9 Å². The maximum absolute atomic E-state index is 11.1. The molecule has 0 aromatic heterocycles. The maximum Gasteiger partial charge on any atom is 0 e. The van der Waals surface area contributed by atoms with Crippen LogP contribution in [0.3, 0.4) is 0 Å². The fourth-order valence-corrected chi connectivity index (χ4v) is 1.93. The average molecular weight is 376 g/mol.